The number of thiophene rings is 1. The number of hydrogen-bond acceptors (Lipinski definition) is 3. The Hall–Kier alpha value is -1.06. The van der Waals surface area contributed by atoms with Crippen LogP contribution in [-0.2, 0) is 6.54 Å². The lowest BCUT2D eigenvalue weighted by Crippen LogP contribution is -2.28. The number of likely N-dealkylation sites (tertiary alicyclic amines) is 1. The molecule has 17 heavy (non-hydrogen) atoms. The lowest BCUT2D eigenvalue weighted by molar-refractivity contribution is 0.222. The normalized spacial score (nSPS) is 17.6. The first kappa shape index (κ1) is 11.1. The molecule has 0 saturated carbocycles. The van der Waals surface area contributed by atoms with E-state index in [1.807, 2.05) is 17.4 Å². The largest absolute Gasteiger partial charge is 0.399 e. The molecule has 2 N–H and O–H groups in total. The fourth-order valence-corrected chi connectivity index (χ4v) is 3.58. The Kier molecular flexibility index (Phi) is 3.04. The zero-order valence-corrected chi connectivity index (χ0v) is 10.8. The molecule has 2 heterocycles. The molecule has 0 bridgehead atoms. The van der Waals surface area contributed by atoms with Gasteiger partial charge in [0.15, 0.2) is 0 Å². The summed E-state index contributed by atoms with van der Waals surface area (Å²) in [6, 6.07) is 6.26. The van der Waals surface area contributed by atoms with E-state index < -0.39 is 0 Å². The molecule has 1 fully saturated rings. The van der Waals surface area contributed by atoms with Crippen molar-refractivity contribution >= 4 is 27.1 Å². The second-order valence-corrected chi connectivity index (χ2v) is 5.76. The average molecular weight is 246 g/mol. The first-order valence-corrected chi connectivity index (χ1v) is 7.19. The molecule has 0 amide bonds. The number of fused-ring (bicyclic) bond motifs is 1. The molecule has 1 aliphatic heterocycles. The van der Waals surface area contributed by atoms with Crippen molar-refractivity contribution in [2.45, 2.75) is 25.8 Å². The van der Waals surface area contributed by atoms with Gasteiger partial charge in [-0.15, -0.1) is 11.3 Å². The van der Waals surface area contributed by atoms with Gasteiger partial charge in [0.25, 0.3) is 0 Å². The van der Waals surface area contributed by atoms with Crippen LogP contribution in [0.3, 0.4) is 0 Å². The van der Waals surface area contributed by atoms with Gasteiger partial charge in [-0.05, 0) is 54.4 Å². The van der Waals surface area contributed by atoms with Crippen molar-refractivity contribution in [3.8, 4) is 0 Å². The fraction of sp³-hybridized carbons (Fsp3) is 0.429. The summed E-state index contributed by atoms with van der Waals surface area (Å²) >= 11 is 1.81. The third kappa shape index (κ3) is 2.31. The first-order chi connectivity index (χ1) is 8.33. The van der Waals surface area contributed by atoms with Gasteiger partial charge in [0.05, 0.1) is 0 Å². The molecule has 0 aliphatic carbocycles. The highest BCUT2D eigenvalue weighted by molar-refractivity contribution is 7.17. The number of hydrogen-bond donors (Lipinski definition) is 1. The Bertz CT molecular complexity index is 512. The van der Waals surface area contributed by atoms with Crippen molar-refractivity contribution in [3.63, 3.8) is 0 Å². The number of piperidine rings is 1. The molecular weight excluding hydrogens is 228 g/mol. The summed E-state index contributed by atoms with van der Waals surface area (Å²) in [5, 5.41) is 3.67. The Morgan fingerprint density at radius 2 is 2.00 bits per heavy atom. The summed E-state index contributed by atoms with van der Waals surface area (Å²) in [4.78, 5) is 2.57. The minimum absolute atomic E-state index is 0.865. The van der Waals surface area contributed by atoms with E-state index in [9.17, 15) is 0 Å². The predicted octanol–water partition coefficient (Wildman–Crippen LogP) is 3.47. The molecule has 2 nitrogen and oxygen atoms in total. The van der Waals surface area contributed by atoms with Crippen molar-refractivity contribution in [2.24, 2.45) is 0 Å². The van der Waals surface area contributed by atoms with Crippen molar-refractivity contribution in [1.29, 1.82) is 0 Å². The molecule has 2 aromatic rings. The van der Waals surface area contributed by atoms with Gasteiger partial charge in [-0.1, -0.05) is 12.5 Å². The smallest absolute Gasteiger partial charge is 0.0366 e. The van der Waals surface area contributed by atoms with E-state index in [0.29, 0.717) is 0 Å². The fourth-order valence-electron chi connectivity index (χ4n) is 2.58. The lowest BCUT2D eigenvalue weighted by Gasteiger charge is -2.26. The molecule has 0 radical (unpaired) electrons. The van der Waals surface area contributed by atoms with Crippen LogP contribution >= 0.6 is 11.3 Å². The maximum atomic E-state index is 5.81. The quantitative estimate of drug-likeness (QED) is 0.822. The molecule has 3 rings (SSSR count). The zero-order chi connectivity index (χ0) is 11.7. The summed E-state index contributed by atoms with van der Waals surface area (Å²) in [7, 11) is 0. The van der Waals surface area contributed by atoms with E-state index in [1.165, 1.54) is 48.0 Å². The summed E-state index contributed by atoms with van der Waals surface area (Å²) in [5.74, 6) is 0. The van der Waals surface area contributed by atoms with Gasteiger partial charge in [-0.2, -0.15) is 0 Å². The van der Waals surface area contributed by atoms with Gasteiger partial charge in [-0.25, -0.2) is 0 Å². The Morgan fingerprint density at radius 1 is 1.18 bits per heavy atom. The molecule has 1 aliphatic rings. The predicted molar refractivity (Wildman–Crippen MR) is 75.4 cm³/mol. The highest BCUT2D eigenvalue weighted by Gasteiger charge is 2.12. The zero-order valence-electron chi connectivity index (χ0n) is 9.98. The monoisotopic (exact) mass is 246 g/mol. The van der Waals surface area contributed by atoms with Gasteiger partial charge < -0.3 is 5.73 Å². The van der Waals surface area contributed by atoms with E-state index >= 15 is 0 Å². The molecular formula is C14H18N2S. The summed E-state index contributed by atoms with van der Waals surface area (Å²) in [6.45, 7) is 3.61. The molecule has 3 heteroatoms. The SMILES string of the molecule is Nc1ccc2c(CN3CCCCC3)csc2c1. The Labute approximate surface area is 106 Å². The number of anilines is 1. The van der Waals surface area contributed by atoms with Gasteiger partial charge in [0, 0.05) is 16.9 Å². The topological polar surface area (TPSA) is 29.3 Å². The Balaban J connectivity index is 1.84. The number of nitrogen functional groups attached to an aromatic ring is 1. The van der Waals surface area contributed by atoms with E-state index in [0.717, 1.165) is 12.2 Å². The average Bonchev–Trinajstić information content (AvgIpc) is 2.73. The minimum atomic E-state index is 0.865. The second-order valence-electron chi connectivity index (χ2n) is 4.85. The van der Waals surface area contributed by atoms with E-state index in [-0.39, 0.29) is 0 Å². The van der Waals surface area contributed by atoms with Crippen LogP contribution in [0, 0.1) is 0 Å². The van der Waals surface area contributed by atoms with Crippen LogP contribution in [0.2, 0.25) is 0 Å². The number of nitrogens with zero attached hydrogens (tertiary/aromatic N) is 1. The number of nitrogens with two attached hydrogens (primary N) is 1. The first-order valence-electron chi connectivity index (χ1n) is 6.31. The van der Waals surface area contributed by atoms with Crippen LogP contribution < -0.4 is 5.73 Å². The Morgan fingerprint density at radius 3 is 2.82 bits per heavy atom. The van der Waals surface area contributed by atoms with Gasteiger partial charge in [0.2, 0.25) is 0 Å². The van der Waals surface area contributed by atoms with Crippen molar-refractivity contribution in [3.05, 3.63) is 29.1 Å². The van der Waals surface area contributed by atoms with E-state index in [1.54, 1.807) is 0 Å². The second kappa shape index (κ2) is 4.67. The highest BCUT2D eigenvalue weighted by atomic mass is 32.1. The molecule has 0 unspecified atom stereocenters. The van der Waals surface area contributed by atoms with Gasteiger partial charge in [-0.3, -0.25) is 4.90 Å². The van der Waals surface area contributed by atoms with Crippen LogP contribution in [0.4, 0.5) is 5.69 Å². The number of benzene rings is 1. The van der Waals surface area contributed by atoms with Crippen molar-refractivity contribution in [1.82, 2.24) is 4.90 Å². The minimum Gasteiger partial charge on any atom is -0.399 e. The van der Waals surface area contributed by atoms with Gasteiger partial charge >= 0.3 is 0 Å². The molecule has 1 saturated heterocycles. The van der Waals surface area contributed by atoms with Crippen LogP contribution in [0.15, 0.2) is 23.6 Å². The molecule has 0 spiro atoms. The molecule has 1 aromatic carbocycles. The highest BCUT2D eigenvalue weighted by Crippen LogP contribution is 2.29. The van der Waals surface area contributed by atoms with Crippen molar-refractivity contribution < 1.29 is 0 Å². The standard InChI is InChI=1S/C14H18N2S/c15-12-4-5-13-11(10-17-14(13)8-12)9-16-6-2-1-3-7-16/h4-5,8,10H,1-3,6-7,9,15H2. The summed E-state index contributed by atoms with van der Waals surface area (Å²) < 4.78 is 1.32. The van der Waals surface area contributed by atoms with Crippen LogP contribution in [0.25, 0.3) is 10.1 Å². The third-order valence-corrected chi connectivity index (χ3v) is 4.52. The van der Waals surface area contributed by atoms with Crippen LogP contribution in [0.1, 0.15) is 24.8 Å². The van der Waals surface area contributed by atoms with Crippen LogP contribution in [0.5, 0.6) is 0 Å². The lowest BCUT2D eigenvalue weighted by atomic mass is 10.1. The molecule has 90 valence electrons. The van der Waals surface area contributed by atoms with Crippen LogP contribution in [-0.4, -0.2) is 18.0 Å². The summed E-state index contributed by atoms with van der Waals surface area (Å²) in [5.41, 5.74) is 8.14. The summed E-state index contributed by atoms with van der Waals surface area (Å²) in [6.07, 6.45) is 4.11. The van der Waals surface area contributed by atoms with E-state index in [4.69, 9.17) is 5.73 Å². The molecule has 0 atom stereocenters. The van der Waals surface area contributed by atoms with E-state index in [2.05, 4.69) is 22.4 Å². The maximum Gasteiger partial charge on any atom is 0.0366 e. The maximum absolute atomic E-state index is 5.81. The van der Waals surface area contributed by atoms with Crippen molar-refractivity contribution in [2.75, 3.05) is 18.8 Å². The third-order valence-electron chi connectivity index (χ3n) is 3.52. The van der Waals surface area contributed by atoms with Gasteiger partial charge in [0.1, 0.15) is 0 Å². The number of rotatable bonds is 2. The molecule has 1 aromatic heterocycles.